The van der Waals surface area contributed by atoms with Crippen molar-refractivity contribution in [2.24, 2.45) is 11.8 Å². The van der Waals surface area contributed by atoms with Crippen molar-refractivity contribution in [1.82, 2.24) is 40.4 Å². The number of rotatable bonds is 13. The molecule has 5 aromatic rings. The van der Waals surface area contributed by atoms with Gasteiger partial charge in [-0.25, -0.2) is 19.6 Å². The van der Waals surface area contributed by atoms with Gasteiger partial charge in [-0.15, -0.1) is 0 Å². The Kier molecular flexibility index (Phi) is 12.9. The second-order valence-corrected chi connectivity index (χ2v) is 17.7. The van der Waals surface area contributed by atoms with Crippen LogP contribution in [0.15, 0.2) is 48.7 Å². The van der Waals surface area contributed by atoms with Crippen LogP contribution in [0.4, 0.5) is 9.59 Å². The van der Waals surface area contributed by atoms with E-state index in [4.69, 9.17) is 28.9 Å². The highest BCUT2D eigenvalue weighted by Crippen LogP contribution is 2.44. The fourth-order valence-corrected chi connectivity index (χ4v) is 9.96. The average molecular weight is 877 g/mol. The quantitative estimate of drug-likeness (QED) is 0.0903. The zero-order chi connectivity index (χ0) is 45.4. The zero-order valence-electron chi connectivity index (χ0n) is 37.9. The standard InChI is InChI=1S/C48H60N8O8/c1-9-11-27-18-38(55(23-27)45(57)41(26(5)61-6)54-48(60)63-8)44-50-35-16-13-28-20-34-32-15-12-29(19-30(32)24-64-39(34)21-33(28)42(35)52-44)36-22-49-43(51-36)37-17-14-31(10-2)56(37)46(58)40(25(3)4)53-47(59)62-7/h12-13,15-16,19-22,25-27,31,37-38,40-41H,9-11,14,17-18,23-24H2,1-8H3,(H,49,51)(H,50,52)(H,53,59)(H,54,60)/t26-,27+,31+,37+,38+,40+,41+/m1/s1. The van der Waals surface area contributed by atoms with Crippen molar-refractivity contribution in [3.05, 3.63) is 65.9 Å². The molecule has 340 valence electrons. The summed E-state index contributed by atoms with van der Waals surface area (Å²) >= 11 is 0. The van der Waals surface area contributed by atoms with Crippen molar-refractivity contribution < 1.29 is 38.1 Å². The molecule has 16 heteroatoms. The Labute approximate surface area is 373 Å². The molecule has 64 heavy (non-hydrogen) atoms. The van der Waals surface area contributed by atoms with Gasteiger partial charge in [0.2, 0.25) is 11.8 Å². The molecule has 0 unspecified atom stereocenters. The van der Waals surface area contributed by atoms with Crippen LogP contribution in [0, 0.1) is 11.8 Å². The number of hydrogen-bond acceptors (Lipinski definition) is 10. The number of nitrogens with zero attached hydrogens (tertiary/aromatic N) is 4. The number of H-pyrrole nitrogens is 2. The number of likely N-dealkylation sites (tertiary alicyclic amines) is 2. The van der Waals surface area contributed by atoms with Crippen LogP contribution in [-0.4, -0.2) is 106 Å². The summed E-state index contributed by atoms with van der Waals surface area (Å²) in [7, 11) is 4.09. The number of benzene rings is 3. The van der Waals surface area contributed by atoms with Gasteiger partial charge in [0.1, 0.15) is 36.1 Å². The van der Waals surface area contributed by atoms with E-state index in [9.17, 15) is 19.2 Å². The van der Waals surface area contributed by atoms with Gasteiger partial charge < -0.3 is 49.3 Å². The molecular weight excluding hydrogens is 817 g/mol. The van der Waals surface area contributed by atoms with Crippen molar-refractivity contribution in [2.75, 3.05) is 27.9 Å². The summed E-state index contributed by atoms with van der Waals surface area (Å²) in [5, 5.41) is 7.42. The van der Waals surface area contributed by atoms with E-state index >= 15 is 0 Å². The molecular formula is C48H60N8O8. The monoisotopic (exact) mass is 876 g/mol. The van der Waals surface area contributed by atoms with Crippen LogP contribution in [0.1, 0.15) is 102 Å². The van der Waals surface area contributed by atoms with Crippen LogP contribution in [-0.2, 0) is 30.4 Å². The van der Waals surface area contributed by atoms with Crippen LogP contribution < -0.4 is 15.4 Å². The van der Waals surface area contributed by atoms with Gasteiger partial charge in [0.05, 0.1) is 55.3 Å². The van der Waals surface area contributed by atoms with E-state index in [0.717, 1.165) is 94.0 Å². The molecule has 0 saturated carbocycles. The Bertz CT molecular complexity index is 2550. The normalized spacial score (nSPS) is 20.7. The smallest absolute Gasteiger partial charge is 0.407 e. The molecule has 5 heterocycles. The first-order valence-corrected chi connectivity index (χ1v) is 22.5. The largest absolute Gasteiger partial charge is 0.488 e. The molecule has 2 aromatic heterocycles. The zero-order valence-corrected chi connectivity index (χ0v) is 37.9. The predicted octanol–water partition coefficient (Wildman–Crippen LogP) is 7.94. The first-order chi connectivity index (χ1) is 30.9. The topological polar surface area (TPSA) is 193 Å². The third-order valence-corrected chi connectivity index (χ3v) is 13.5. The SMILES string of the molecule is CCC[C@H]1C[C@@H](c2nc3ccc4cc5c(cc4c3[nH]2)OCc2cc(-c3cnc([C@@H]4CC[C@H](CC)N4C(=O)[C@@H](NC(=O)OC)C(C)C)[nH]3)ccc2-5)N(C(=O)[C@@H](NC(=O)OC)[C@@H](C)OC)C1. The van der Waals surface area contributed by atoms with Gasteiger partial charge in [-0.1, -0.05) is 52.3 Å². The number of nitrogens with one attached hydrogen (secondary N) is 4. The van der Waals surface area contributed by atoms with Crippen molar-refractivity contribution in [1.29, 1.82) is 0 Å². The molecule has 16 nitrogen and oxygen atoms in total. The van der Waals surface area contributed by atoms with E-state index in [0.29, 0.717) is 24.8 Å². The van der Waals surface area contributed by atoms with Gasteiger partial charge in [0, 0.05) is 30.6 Å². The van der Waals surface area contributed by atoms with E-state index in [1.165, 1.54) is 21.3 Å². The first kappa shape index (κ1) is 44.4. The summed E-state index contributed by atoms with van der Waals surface area (Å²) in [6.45, 7) is 10.7. The van der Waals surface area contributed by atoms with Crippen LogP contribution in [0.2, 0.25) is 0 Å². The lowest BCUT2D eigenvalue weighted by Crippen LogP contribution is -2.54. The van der Waals surface area contributed by atoms with Crippen molar-refractivity contribution >= 4 is 45.8 Å². The summed E-state index contributed by atoms with van der Waals surface area (Å²) in [6, 6.07) is 12.5. The molecule has 3 aliphatic rings. The second-order valence-electron chi connectivity index (χ2n) is 17.7. The van der Waals surface area contributed by atoms with Crippen LogP contribution in [0.25, 0.3) is 44.2 Å². The summed E-state index contributed by atoms with van der Waals surface area (Å²) in [6.07, 6.45) is 5.01. The van der Waals surface area contributed by atoms with E-state index < -0.39 is 30.4 Å². The Balaban J connectivity index is 1.06. The lowest BCUT2D eigenvalue weighted by Gasteiger charge is -2.34. The molecule has 3 aromatic carbocycles. The maximum Gasteiger partial charge on any atom is 0.407 e. The van der Waals surface area contributed by atoms with Crippen molar-refractivity contribution in [3.63, 3.8) is 0 Å². The minimum Gasteiger partial charge on any atom is -0.488 e. The average Bonchev–Trinajstić information content (AvgIpc) is 4.14. The molecule has 8 rings (SSSR count). The Morgan fingerprint density at radius 1 is 0.875 bits per heavy atom. The van der Waals surface area contributed by atoms with E-state index in [1.54, 1.807) is 6.92 Å². The molecule has 7 atom stereocenters. The van der Waals surface area contributed by atoms with Crippen molar-refractivity contribution in [2.45, 2.75) is 116 Å². The summed E-state index contributed by atoms with van der Waals surface area (Å²) < 4.78 is 21.7. The molecule has 3 aliphatic heterocycles. The number of imidazole rings is 2. The number of methoxy groups -OCH3 is 3. The summed E-state index contributed by atoms with van der Waals surface area (Å²) in [4.78, 5) is 73.5. The number of alkyl carbamates (subject to hydrolysis) is 2. The third kappa shape index (κ3) is 8.35. The van der Waals surface area contributed by atoms with Gasteiger partial charge in [0.25, 0.3) is 0 Å². The van der Waals surface area contributed by atoms with Crippen LogP contribution in [0.5, 0.6) is 5.75 Å². The molecule has 4 N–H and O–H groups in total. The molecule has 2 saturated heterocycles. The summed E-state index contributed by atoms with van der Waals surface area (Å²) in [5.41, 5.74) is 6.55. The Morgan fingerprint density at radius 3 is 2.34 bits per heavy atom. The first-order valence-electron chi connectivity index (χ1n) is 22.5. The van der Waals surface area contributed by atoms with E-state index in [-0.39, 0.29) is 41.8 Å². The van der Waals surface area contributed by atoms with Gasteiger partial charge in [0.15, 0.2) is 0 Å². The third-order valence-electron chi connectivity index (χ3n) is 13.5. The number of fused-ring (bicyclic) bond motifs is 6. The van der Waals surface area contributed by atoms with Gasteiger partial charge in [-0.3, -0.25) is 9.59 Å². The Hall–Kier alpha value is -6.16. The summed E-state index contributed by atoms with van der Waals surface area (Å²) in [5.74, 6) is 1.95. The van der Waals surface area contributed by atoms with Gasteiger partial charge in [-0.05, 0) is 97.2 Å². The van der Waals surface area contributed by atoms with E-state index in [1.807, 2.05) is 35.9 Å². The van der Waals surface area contributed by atoms with Gasteiger partial charge in [-0.2, -0.15) is 0 Å². The lowest BCUT2D eigenvalue weighted by molar-refractivity contribution is -0.138. The molecule has 0 bridgehead atoms. The fourth-order valence-electron chi connectivity index (χ4n) is 9.96. The molecule has 0 radical (unpaired) electrons. The fraction of sp³-hybridized carbons (Fsp3) is 0.500. The minimum atomic E-state index is -0.930. The molecule has 0 spiro atoms. The molecule has 0 aliphatic carbocycles. The van der Waals surface area contributed by atoms with E-state index in [2.05, 4.69) is 70.8 Å². The maximum absolute atomic E-state index is 14.2. The molecule has 4 amide bonds. The number of aromatic nitrogens is 4. The van der Waals surface area contributed by atoms with Gasteiger partial charge >= 0.3 is 12.2 Å². The van der Waals surface area contributed by atoms with Crippen LogP contribution in [0.3, 0.4) is 0 Å². The van der Waals surface area contributed by atoms with Crippen LogP contribution >= 0.6 is 0 Å². The van der Waals surface area contributed by atoms with Crippen molar-refractivity contribution in [3.8, 4) is 28.1 Å². The lowest BCUT2D eigenvalue weighted by atomic mass is 9.92. The highest BCUT2D eigenvalue weighted by atomic mass is 16.5. The highest BCUT2D eigenvalue weighted by molar-refractivity contribution is 6.07. The minimum absolute atomic E-state index is 0.0309. The second kappa shape index (κ2) is 18.5. The Morgan fingerprint density at radius 2 is 1.64 bits per heavy atom. The highest BCUT2D eigenvalue weighted by Gasteiger charge is 2.44. The maximum atomic E-state index is 14.2. The number of hydrogen-bond donors (Lipinski definition) is 4. The number of aromatic amines is 2. The number of amides is 4. The predicted molar refractivity (Wildman–Crippen MR) is 241 cm³/mol. The molecule has 2 fully saturated rings. The number of ether oxygens (including phenoxy) is 4. The number of carbonyl (C=O) groups is 4. The number of carbonyl (C=O) groups excluding carboxylic acids is 4.